The summed E-state index contributed by atoms with van der Waals surface area (Å²) < 4.78 is 12.3. The molecule has 1 aliphatic carbocycles. The first-order chi connectivity index (χ1) is 21.3. The Hall–Kier alpha value is -3.86. The smallest absolute Gasteiger partial charge is 0.119 e. The third-order valence-electron chi connectivity index (χ3n) is 9.14. The van der Waals surface area contributed by atoms with E-state index < -0.39 is 5.41 Å². The van der Waals surface area contributed by atoms with E-state index in [9.17, 15) is 0 Å². The molecule has 2 aliphatic heterocycles. The Morgan fingerprint density at radius 3 is 1.67 bits per heavy atom. The van der Waals surface area contributed by atoms with Crippen LogP contribution in [0, 0.1) is 0 Å². The molecule has 0 N–H and O–H groups in total. The van der Waals surface area contributed by atoms with Crippen LogP contribution in [0.5, 0.6) is 11.5 Å². The van der Waals surface area contributed by atoms with Gasteiger partial charge in [-0.05, 0) is 91.3 Å². The third kappa shape index (κ3) is 4.34. The summed E-state index contributed by atoms with van der Waals surface area (Å²) in [4.78, 5) is 0. The summed E-state index contributed by atoms with van der Waals surface area (Å²) >= 11 is 3.93. The second kappa shape index (κ2) is 10.1. The maximum Gasteiger partial charge on any atom is 0.119 e. The van der Waals surface area contributed by atoms with Gasteiger partial charge in [0.15, 0.2) is 0 Å². The molecule has 0 aromatic heterocycles. The zero-order valence-electron chi connectivity index (χ0n) is 23.7. The maximum atomic E-state index is 6.17. The first-order valence-corrected chi connectivity index (χ1v) is 17.1. The minimum atomic E-state index is -0.492. The van der Waals surface area contributed by atoms with Crippen LogP contribution in [0.2, 0.25) is 0 Å². The summed E-state index contributed by atoms with van der Waals surface area (Å²) in [6.45, 7) is 1.55. The molecule has 210 valence electrons. The van der Waals surface area contributed by atoms with E-state index in [0.717, 1.165) is 24.7 Å². The molecule has 0 amide bonds. The van der Waals surface area contributed by atoms with Gasteiger partial charge in [0.1, 0.15) is 24.7 Å². The molecule has 2 fully saturated rings. The first-order valence-electron chi connectivity index (χ1n) is 15.0. The quantitative estimate of drug-likeness (QED) is 0.163. The van der Waals surface area contributed by atoms with Crippen LogP contribution in [0.3, 0.4) is 0 Å². The first kappa shape index (κ1) is 25.6. The number of hydrogen-bond donors (Lipinski definition) is 0. The van der Waals surface area contributed by atoms with Crippen LogP contribution in [-0.2, 0) is 5.41 Å². The topological polar surface area (TPSA) is 18.5 Å². The lowest BCUT2D eigenvalue weighted by Crippen LogP contribution is -2.28. The van der Waals surface area contributed by atoms with Gasteiger partial charge in [-0.15, -0.1) is 0 Å². The Morgan fingerprint density at radius 1 is 0.558 bits per heavy atom. The van der Waals surface area contributed by atoms with Gasteiger partial charge in [0.25, 0.3) is 0 Å². The Bertz CT molecular complexity index is 1930. The third-order valence-corrected chi connectivity index (χ3v) is 11.0. The van der Waals surface area contributed by atoms with E-state index in [4.69, 9.17) is 9.47 Å². The fourth-order valence-electron chi connectivity index (χ4n) is 6.87. The lowest BCUT2D eigenvalue weighted by Gasteiger charge is -2.34. The standard InChI is InChI=1S/C39H30O2S2/c1-2-7-27-20-37-35(19-26(27)6-1)38-34-8-4-3-5-25(34)9-18-36(38)39(37,28-10-14-30(15-11-28)40-21-32-23-42-32)29-12-16-31(17-13-29)41-22-33-24-43-33/h1-20,32-33H,21-24H2. The van der Waals surface area contributed by atoms with E-state index in [0.29, 0.717) is 10.5 Å². The van der Waals surface area contributed by atoms with Crippen molar-refractivity contribution in [1.82, 2.24) is 0 Å². The molecule has 9 rings (SSSR count). The van der Waals surface area contributed by atoms with Gasteiger partial charge < -0.3 is 9.47 Å². The van der Waals surface area contributed by atoms with Crippen molar-refractivity contribution in [2.24, 2.45) is 0 Å². The van der Waals surface area contributed by atoms with Crippen LogP contribution in [0.15, 0.2) is 121 Å². The van der Waals surface area contributed by atoms with Gasteiger partial charge in [-0.25, -0.2) is 0 Å². The highest BCUT2D eigenvalue weighted by atomic mass is 32.2. The van der Waals surface area contributed by atoms with E-state index in [1.807, 2.05) is 23.5 Å². The summed E-state index contributed by atoms with van der Waals surface area (Å²) in [6.07, 6.45) is 0. The molecule has 6 aromatic rings. The lowest BCUT2D eigenvalue weighted by molar-refractivity contribution is 0.329. The lowest BCUT2D eigenvalue weighted by atomic mass is 9.67. The van der Waals surface area contributed by atoms with Crippen LogP contribution in [-0.4, -0.2) is 35.2 Å². The van der Waals surface area contributed by atoms with E-state index >= 15 is 0 Å². The Kier molecular flexibility index (Phi) is 6.02. The van der Waals surface area contributed by atoms with Gasteiger partial charge in [-0.3, -0.25) is 0 Å². The number of rotatable bonds is 8. The van der Waals surface area contributed by atoms with Crippen molar-refractivity contribution in [2.45, 2.75) is 15.9 Å². The highest BCUT2D eigenvalue weighted by Crippen LogP contribution is 2.58. The van der Waals surface area contributed by atoms with Crippen LogP contribution in [0.4, 0.5) is 0 Å². The molecule has 2 heterocycles. The maximum absolute atomic E-state index is 6.17. The molecular weight excluding hydrogens is 565 g/mol. The number of thioether (sulfide) groups is 2. The Labute approximate surface area is 260 Å². The Morgan fingerprint density at radius 2 is 1.09 bits per heavy atom. The van der Waals surface area contributed by atoms with Gasteiger partial charge in [0.2, 0.25) is 0 Å². The van der Waals surface area contributed by atoms with E-state index in [1.165, 1.54) is 66.4 Å². The minimum absolute atomic E-state index is 0.492. The monoisotopic (exact) mass is 594 g/mol. The average Bonchev–Trinajstić information content (AvgIpc) is 4.00. The number of fused-ring (bicyclic) bond motifs is 6. The molecule has 6 aromatic carbocycles. The normalized spacial score (nSPS) is 21.4. The van der Waals surface area contributed by atoms with Crippen molar-refractivity contribution in [2.75, 3.05) is 24.7 Å². The van der Waals surface area contributed by atoms with Gasteiger partial charge >= 0.3 is 0 Å². The zero-order valence-corrected chi connectivity index (χ0v) is 25.3. The average molecular weight is 595 g/mol. The number of ether oxygens (including phenoxy) is 2. The van der Waals surface area contributed by atoms with Crippen molar-refractivity contribution in [3.05, 3.63) is 144 Å². The van der Waals surface area contributed by atoms with Crippen LogP contribution >= 0.6 is 23.5 Å². The summed E-state index contributed by atoms with van der Waals surface area (Å²) in [5, 5.41) is 6.35. The van der Waals surface area contributed by atoms with E-state index in [-0.39, 0.29) is 0 Å². The van der Waals surface area contributed by atoms with Crippen molar-refractivity contribution < 1.29 is 9.47 Å². The second-order valence-corrected chi connectivity index (χ2v) is 14.5. The molecule has 4 heteroatoms. The van der Waals surface area contributed by atoms with Crippen molar-refractivity contribution >= 4 is 45.1 Å². The highest BCUT2D eigenvalue weighted by Gasteiger charge is 2.47. The zero-order chi connectivity index (χ0) is 28.4. The molecule has 3 aliphatic rings. The molecule has 0 bridgehead atoms. The van der Waals surface area contributed by atoms with E-state index in [2.05, 4.69) is 121 Å². The highest BCUT2D eigenvalue weighted by molar-refractivity contribution is 8.07. The summed E-state index contributed by atoms with van der Waals surface area (Å²) in [5.41, 5.74) is 7.28. The molecule has 0 spiro atoms. The van der Waals surface area contributed by atoms with Crippen molar-refractivity contribution in [3.8, 4) is 22.6 Å². The van der Waals surface area contributed by atoms with Crippen molar-refractivity contribution in [1.29, 1.82) is 0 Å². The minimum Gasteiger partial charge on any atom is -0.492 e. The number of hydrogen-bond acceptors (Lipinski definition) is 4. The molecule has 2 nitrogen and oxygen atoms in total. The number of benzene rings is 6. The van der Waals surface area contributed by atoms with Crippen LogP contribution in [0.25, 0.3) is 32.7 Å². The second-order valence-electron chi connectivity index (χ2n) is 11.8. The molecule has 0 saturated carbocycles. The fourth-order valence-corrected chi connectivity index (χ4v) is 7.67. The summed E-state index contributed by atoms with van der Waals surface area (Å²) in [7, 11) is 0. The van der Waals surface area contributed by atoms with Gasteiger partial charge in [0, 0.05) is 22.0 Å². The summed E-state index contributed by atoms with van der Waals surface area (Å²) in [5.74, 6) is 4.28. The fraction of sp³-hybridized carbons (Fsp3) is 0.179. The van der Waals surface area contributed by atoms with Gasteiger partial charge in [-0.1, -0.05) is 84.9 Å². The summed E-state index contributed by atoms with van der Waals surface area (Å²) in [6, 6.07) is 44.8. The molecule has 2 unspecified atom stereocenters. The molecule has 2 atom stereocenters. The van der Waals surface area contributed by atoms with Gasteiger partial charge in [-0.2, -0.15) is 23.5 Å². The predicted molar refractivity (Wildman–Crippen MR) is 182 cm³/mol. The van der Waals surface area contributed by atoms with Crippen molar-refractivity contribution in [3.63, 3.8) is 0 Å². The Balaban J connectivity index is 1.30. The molecule has 2 saturated heterocycles. The van der Waals surface area contributed by atoms with Crippen LogP contribution < -0.4 is 9.47 Å². The SMILES string of the molecule is c1ccc2cc3c(cc2c1)-c1c(ccc2ccccc12)C3(c1ccc(OCC2CS2)cc1)c1ccc(OCC2CS2)cc1. The largest absolute Gasteiger partial charge is 0.492 e. The van der Waals surface area contributed by atoms with Crippen LogP contribution in [0.1, 0.15) is 22.3 Å². The van der Waals surface area contributed by atoms with E-state index in [1.54, 1.807) is 0 Å². The molecule has 0 radical (unpaired) electrons. The predicted octanol–water partition coefficient (Wildman–Crippen LogP) is 9.34. The van der Waals surface area contributed by atoms with Gasteiger partial charge in [0.05, 0.1) is 5.41 Å². The molecular formula is C39H30O2S2. The molecule has 43 heavy (non-hydrogen) atoms.